The third-order valence-corrected chi connectivity index (χ3v) is 11.2. The quantitative estimate of drug-likeness (QED) is 0.164. The third kappa shape index (κ3) is 4.91. The summed E-state index contributed by atoms with van der Waals surface area (Å²) in [6.45, 7) is 0. The molecule has 0 bridgehead atoms. The first-order valence-corrected chi connectivity index (χ1v) is 19.3. The minimum Gasteiger partial charge on any atom is -0.456 e. The van der Waals surface area contributed by atoms with Crippen molar-refractivity contribution in [1.29, 1.82) is 0 Å². The van der Waals surface area contributed by atoms with Crippen LogP contribution in [0.15, 0.2) is 192 Å². The standard InChI is InChI=1S/C50H28N4O5/c1-5-13-40-29(9-1)23-47(57-40)53(31-17-20-36-34-11-3-7-15-42(34)55-44(36)25-31)32-18-22-38-39-28-51-50(52-49(39)59-46(38)26-32)54(48-24-30-10-2-6-14-41(30)58-48)33-19-21-37-35-12-4-8-16-43(35)56-45(37)27-33/h1-28H. The first kappa shape index (κ1) is 31.9. The third-order valence-electron chi connectivity index (χ3n) is 11.2. The first-order chi connectivity index (χ1) is 29.2. The second-order valence-electron chi connectivity index (χ2n) is 14.6. The van der Waals surface area contributed by atoms with Crippen LogP contribution in [0.25, 0.3) is 87.9 Å². The molecule has 6 aromatic heterocycles. The minimum absolute atomic E-state index is 0.384. The second-order valence-corrected chi connectivity index (χ2v) is 14.6. The molecule has 0 N–H and O–H groups in total. The maximum atomic E-state index is 6.61. The van der Waals surface area contributed by atoms with Crippen molar-refractivity contribution >= 4 is 123 Å². The molecular weight excluding hydrogens is 737 g/mol. The highest BCUT2D eigenvalue weighted by molar-refractivity contribution is 6.08. The maximum Gasteiger partial charge on any atom is 0.240 e. The van der Waals surface area contributed by atoms with E-state index in [1.54, 1.807) is 0 Å². The lowest BCUT2D eigenvalue weighted by atomic mass is 10.1. The molecular formula is C50H28N4O5. The Kier molecular flexibility index (Phi) is 6.53. The average molecular weight is 765 g/mol. The molecule has 0 saturated heterocycles. The van der Waals surface area contributed by atoms with Crippen LogP contribution < -0.4 is 9.80 Å². The van der Waals surface area contributed by atoms with Crippen LogP contribution in [0.1, 0.15) is 0 Å². The Morgan fingerprint density at radius 1 is 0.339 bits per heavy atom. The van der Waals surface area contributed by atoms with Gasteiger partial charge in [0.05, 0.1) is 22.4 Å². The van der Waals surface area contributed by atoms with E-state index in [0.717, 1.165) is 93.7 Å². The van der Waals surface area contributed by atoms with Crippen molar-refractivity contribution in [2.45, 2.75) is 0 Å². The summed E-state index contributed by atoms with van der Waals surface area (Å²) in [6.07, 6.45) is 1.81. The van der Waals surface area contributed by atoms with Crippen molar-refractivity contribution in [2.24, 2.45) is 0 Å². The number of anilines is 6. The summed E-state index contributed by atoms with van der Waals surface area (Å²) in [5.74, 6) is 1.60. The maximum absolute atomic E-state index is 6.61. The van der Waals surface area contributed by atoms with Crippen LogP contribution in [0.2, 0.25) is 0 Å². The molecule has 6 heterocycles. The van der Waals surface area contributed by atoms with Gasteiger partial charge in [-0.15, -0.1) is 0 Å². The van der Waals surface area contributed by atoms with E-state index in [0.29, 0.717) is 29.0 Å². The topological polar surface area (TPSA) is 98.0 Å². The van der Waals surface area contributed by atoms with Crippen LogP contribution in [0.3, 0.4) is 0 Å². The molecule has 59 heavy (non-hydrogen) atoms. The van der Waals surface area contributed by atoms with Crippen molar-refractivity contribution in [3.05, 3.63) is 170 Å². The molecule has 278 valence electrons. The van der Waals surface area contributed by atoms with Crippen LogP contribution in [0.4, 0.5) is 34.8 Å². The zero-order valence-electron chi connectivity index (χ0n) is 31.0. The lowest BCUT2D eigenvalue weighted by Gasteiger charge is -2.22. The number of hydrogen-bond donors (Lipinski definition) is 0. The number of fused-ring (bicyclic) bond motifs is 11. The Labute approximate surface area is 333 Å². The highest BCUT2D eigenvalue weighted by Gasteiger charge is 2.24. The molecule has 7 aromatic carbocycles. The molecule has 0 aliphatic heterocycles. The smallest absolute Gasteiger partial charge is 0.240 e. The summed E-state index contributed by atoms with van der Waals surface area (Å²) in [4.78, 5) is 13.9. The van der Waals surface area contributed by atoms with Crippen LogP contribution in [-0.2, 0) is 0 Å². The van der Waals surface area contributed by atoms with Gasteiger partial charge in [0, 0.05) is 74.2 Å². The van der Waals surface area contributed by atoms with Crippen molar-refractivity contribution in [2.75, 3.05) is 9.80 Å². The van der Waals surface area contributed by atoms with Gasteiger partial charge in [-0.3, -0.25) is 4.90 Å². The van der Waals surface area contributed by atoms with Gasteiger partial charge in [0.1, 0.15) is 39.1 Å². The van der Waals surface area contributed by atoms with E-state index < -0.39 is 0 Å². The number of para-hydroxylation sites is 4. The lowest BCUT2D eigenvalue weighted by Crippen LogP contribution is -2.12. The zero-order chi connectivity index (χ0) is 38.6. The zero-order valence-corrected chi connectivity index (χ0v) is 31.0. The Morgan fingerprint density at radius 2 is 0.780 bits per heavy atom. The molecule has 0 spiro atoms. The van der Waals surface area contributed by atoms with Gasteiger partial charge in [-0.1, -0.05) is 72.8 Å². The predicted octanol–water partition coefficient (Wildman–Crippen LogP) is 14.6. The van der Waals surface area contributed by atoms with E-state index in [4.69, 9.17) is 32.1 Å². The van der Waals surface area contributed by atoms with Gasteiger partial charge in [-0.25, -0.2) is 9.88 Å². The predicted molar refractivity (Wildman–Crippen MR) is 233 cm³/mol. The normalized spacial score (nSPS) is 12.1. The largest absolute Gasteiger partial charge is 0.456 e. The Morgan fingerprint density at radius 3 is 1.34 bits per heavy atom. The average Bonchev–Trinajstić information content (AvgIpc) is 4.10. The van der Waals surface area contributed by atoms with E-state index in [1.165, 1.54) is 0 Å². The monoisotopic (exact) mass is 764 g/mol. The number of nitrogens with zero attached hydrogens (tertiary/aromatic N) is 4. The summed E-state index contributed by atoms with van der Waals surface area (Å²) in [5, 5.41) is 7.82. The summed E-state index contributed by atoms with van der Waals surface area (Å²) in [5.41, 5.74) is 8.30. The van der Waals surface area contributed by atoms with Gasteiger partial charge in [0.25, 0.3) is 0 Å². The number of furan rings is 5. The molecule has 0 unspecified atom stereocenters. The van der Waals surface area contributed by atoms with Crippen molar-refractivity contribution < 1.29 is 22.1 Å². The molecule has 0 saturated carbocycles. The highest BCUT2D eigenvalue weighted by atomic mass is 16.4. The summed E-state index contributed by atoms with van der Waals surface area (Å²) in [7, 11) is 0. The fourth-order valence-corrected chi connectivity index (χ4v) is 8.40. The van der Waals surface area contributed by atoms with Crippen LogP contribution in [-0.4, -0.2) is 9.97 Å². The fraction of sp³-hybridized carbons (Fsp3) is 0. The Balaban J connectivity index is 0.959. The molecule has 0 aliphatic rings. The van der Waals surface area contributed by atoms with Crippen LogP contribution in [0.5, 0.6) is 0 Å². The van der Waals surface area contributed by atoms with Gasteiger partial charge < -0.3 is 22.1 Å². The Bertz CT molecular complexity index is 3480. The van der Waals surface area contributed by atoms with Crippen LogP contribution in [0, 0.1) is 0 Å². The summed E-state index contributed by atoms with van der Waals surface area (Å²) < 4.78 is 32.2. The van der Waals surface area contributed by atoms with Crippen molar-refractivity contribution in [1.82, 2.24) is 9.97 Å². The fourth-order valence-electron chi connectivity index (χ4n) is 8.40. The lowest BCUT2D eigenvalue weighted by molar-refractivity contribution is 0.616. The van der Waals surface area contributed by atoms with Crippen molar-refractivity contribution in [3.8, 4) is 0 Å². The molecule has 0 aliphatic carbocycles. The number of benzene rings is 7. The molecule has 13 aromatic rings. The second kappa shape index (κ2) is 12.1. The van der Waals surface area contributed by atoms with E-state index >= 15 is 0 Å². The minimum atomic E-state index is 0.384. The number of rotatable bonds is 6. The van der Waals surface area contributed by atoms with E-state index in [2.05, 4.69) is 47.4 Å². The van der Waals surface area contributed by atoms with Gasteiger partial charge in [-0.05, 0) is 60.7 Å². The molecule has 0 atom stereocenters. The van der Waals surface area contributed by atoms with E-state index in [-0.39, 0.29) is 0 Å². The highest BCUT2D eigenvalue weighted by Crippen LogP contribution is 2.44. The van der Waals surface area contributed by atoms with Crippen molar-refractivity contribution in [3.63, 3.8) is 0 Å². The molecule has 9 heteroatoms. The first-order valence-electron chi connectivity index (χ1n) is 19.3. The molecule has 0 amide bonds. The molecule has 13 rings (SSSR count). The summed E-state index contributed by atoms with van der Waals surface area (Å²) in [6, 6.07) is 54.5. The van der Waals surface area contributed by atoms with Gasteiger partial charge in [0.15, 0.2) is 0 Å². The molecule has 0 fully saturated rings. The van der Waals surface area contributed by atoms with E-state index in [1.807, 2.05) is 132 Å². The SMILES string of the molecule is c1ccc2oc(N(c3ccc4c(c3)oc3ccccc34)c3ccc4c(c3)oc3nc(N(c5ccc6c(c5)oc5ccccc56)c5cc6ccccc6o5)ncc34)cc2c1. The number of hydrogen-bond acceptors (Lipinski definition) is 9. The van der Waals surface area contributed by atoms with Gasteiger partial charge in [0.2, 0.25) is 23.4 Å². The van der Waals surface area contributed by atoms with E-state index in [9.17, 15) is 0 Å². The molecule has 9 nitrogen and oxygen atoms in total. The summed E-state index contributed by atoms with van der Waals surface area (Å²) >= 11 is 0. The molecule has 0 radical (unpaired) electrons. The van der Waals surface area contributed by atoms with Crippen LogP contribution >= 0.6 is 0 Å². The number of aromatic nitrogens is 2. The Hall–Kier alpha value is -8.30. The van der Waals surface area contributed by atoms with Gasteiger partial charge in [-0.2, -0.15) is 4.98 Å². The van der Waals surface area contributed by atoms with Gasteiger partial charge >= 0.3 is 0 Å².